The van der Waals surface area contributed by atoms with Crippen LogP contribution in [0.1, 0.15) is 13.8 Å². The largest absolute Gasteiger partial charge is 0.409 e. The van der Waals surface area contributed by atoms with Gasteiger partial charge in [0.1, 0.15) is 5.84 Å². The molecule has 1 aromatic carbocycles. The van der Waals surface area contributed by atoms with Gasteiger partial charge in [0, 0.05) is 29.8 Å². The molecule has 0 radical (unpaired) electrons. The highest BCUT2D eigenvalue weighted by Gasteiger charge is 2.16. The van der Waals surface area contributed by atoms with Crippen molar-refractivity contribution < 1.29 is 5.21 Å². The van der Waals surface area contributed by atoms with Crippen molar-refractivity contribution in [1.29, 1.82) is 0 Å². The van der Waals surface area contributed by atoms with Gasteiger partial charge in [0.25, 0.3) is 0 Å². The minimum atomic E-state index is -0.0688. The number of hydrogen-bond acceptors (Lipinski definition) is 5. The zero-order chi connectivity index (χ0) is 14.5. The summed E-state index contributed by atoms with van der Waals surface area (Å²) in [6.07, 6.45) is 1.75. The summed E-state index contributed by atoms with van der Waals surface area (Å²) in [5.41, 5.74) is 5.65. The molecule has 0 bridgehead atoms. The topological polar surface area (TPSA) is 87.6 Å². The molecule has 0 aliphatic carbocycles. The third-order valence-corrected chi connectivity index (χ3v) is 3.35. The van der Waals surface area contributed by atoms with E-state index in [4.69, 9.17) is 10.9 Å². The van der Waals surface area contributed by atoms with E-state index < -0.39 is 0 Å². The van der Waals surface area contributed by atoms with Crippen LogP contribution in [0, 0.1) is 5.92 Å². The highest BCUT2D eigenvalue weighted by atomic mass is 16.4. The first-order valence-electron chi connectivity index (χ1n) is 6.60. The van der Waals surface area contributed by atoms with Gasteiger partial charge >= 0.3 is 0 Å². The summed E-state index contributed by atoms with van der Waals surface area (Å²) < 4.78 is 0. The van der Waals surface area contributed by atoms with Crippen LogP contribution in [-0.4, -0.2) is 34.3 Å². The number of benzene rings is 1. The molecule has 2 aromatic rings. The molecule has 2 rings (SSSR count). The lowest BCUT2D eigenvalue weighted by Gasteiger charge is -2.25. The lowest BCUT2D eigenvalue weighted by atomic mass is 10.1. The van der Waals surface area contributed by atoms with E-state index >= 15 is 0 Å². The minimum absolute atomic E-state index is 0.0688. The van der Waals surface area contributed by atoms with Gasteiger partial charge in [-0.3, -0.25) is 0 Å². The molecule has 0 saturated heterocycles. The molecule has 0 spiro atoms. The molecule has 1 aromatic heterocycles. The van der Waals surface area contributed by atoms with Crippen LogP contribution in [0.15, 0.2) is 35.6 Å². The maximum Gasteiger partial charge on any atom is 0.159 e. The van der Waals surface area contributed by atoms with E-state index in [0.717, 1.165) is 23.1 Å². The Bertz CT molecular complexity index is 608. The third-order valence-electron chi connectivity index (χ3n) is 3.35. The van der Waals surface area contributed by atoms with Gasteiger partial charge in [-0.05, 0) is 6.92 Å². The van der Waals surface area contributed by atoms with Gasteiger partial charge in [0.05, 0.1) is 6.20 Å². The van der Waals surface area contributed by atoms with E-state index in [1.54, 1.807) is 6.20 Å². The van der Waals surface area contributed by atoms with Gasteiger partial charge in [0.2, 0.25) is 0 Å². The number of nitrogens with two attached hydrogens (primary N) is 1. The Morgan fingerprint density at radius 3 is 2.90 bits per heavy atom. The SMILES string of the molecule is CCN(CC(C)C(N)=NO)c1nncc2ccccc12. The van der Waals surface area contributed by atoms with E-state index in [9.17, 15) is 0 Å². The molecule has 0 aliphatic rings. The summed E-state index contributed by atoms with van der Waals surface area (Å²) in [7, 11) is 0. The Kier molecular flexibility index (Phi) is 4.34. The molecule has 1 unspecified atom stereocenters. The summed E-state index contributed by atoms with van der Waals surface area (Å²) in [6, 6.07) is 7.99. The molecule has 3 N–H and O–H groups in total. The normalized spacial score (nSPS) is 13.4. The number of aromatic nitrogens is 2. The maximum atomic E-state index is 8.75. The predicted octanol–water partition coefficient (Wildman–Crippen LogP) is 1.84. The highest BCUT2D eigenvalue weighted by Crippen LogP contribution is 2.23. The molecule has 20 heavy (non-hydrogen) atoms. The number of fused-ring (bicyclic) bond motifs is 1. The fraction of sp³-hybridized carbons (Fsp3) is 0.357. The smallest absolute Gasteiger partial charge is 0.159 e. The molecular formula is C14H19N5O. The van der Waals surface area contributed by atoms with Crippen LogP contribution in [0.3, 0.4) is 0 Å². The maximum absolute atomic E-state index is 8.75. The first-order chi connectivity index (χ1) is 9.67. The molecule has 0 fully saturated rings. The second-order valence-corrected chi connectivity index (χ2v) is 4.72. The summed E-state index contributed by atoms with van der Waals surface area (Å²) in [5, 5.41) is 22.2. The van der Waals surface area contributed by atoms with Gasteiger partial charge in [-0.15, -0.1) is 5.10 Å². The van der Waals surface area contributed by atoms with Crippen molar-refractivity contribution in [1.82, 2.24) is 10.2 Å². The molecule has 0 saturated carbocycles. The molecule has 6 heteroatoms. The lowest BCUT2D eigenvalue weighted by molar-refractivity contribution is 0.314. The Balaban J connectivity index is 2.35. The minimum Gasteiger partial charge on any atom is -0.409 e. The lowest BCUT2D eigenvalue weighted by Crippen LogP contribution is -2.35. The monoisotopic (exact) mass is 273 g/mol. The Morgan fingerprint density at radius 1 is 1.45 bits per heavy atom. The zero-order valence-electron chi connectivity index (χ0n) is 11.7. The van der Waals surface area contributed by atoms with Crippen molar-refractivity contribution in [3.63, 3.8) is 0 Å². The van der Waals surface area contributed by atoms with Gasteiger partial charge < -0.3 is 15.8 Å². The van der Waals surface area contributed by atoms with Crippen LogP contribution in [0.5, 0.6) is 0 Å². The molecule has 1 heterocycles. The van der Waals surface area contributed by atoms with E-state index in [0.29, 0.717) is 6.54 Å². The van der Waals surface area contributed by atoms with Crippen molar-refractivity contribution in [2.75, 3.05) is 18.0 Å². The first kappa shape index (κ1) is 14.0. The highest BCUT2D eigenvalue weighted by molar-refractivity contribution is 5.91. The zero-order valence-corrected chi connectivity index (χ0v) is 11.7. The van der Waals surface area contributed by atoms with Crippen LogP contribution in [0.4, 0.5) is 5.82 Å². The van der Waals surface area contributed by atoms with Crippen LogP contribution < -0.4 is 10.6 Å². The number of anilines is 1. The van der Waals surface area contributed by atoms with E-state index in [-0.39, 0.29) is 11.8 Å². The van der Waals surface area contributed by atoms with E-state index in [1.165, 1.54) is 0 Å². The van der Waals surface area contributed by atoms with Crippen molar-refractivity contribution >= 4 is 22.4 Å². The van der Waals surface area contributed by atoms with Crippen LogP contribution in [0.25, 0.3) is 10.8 Å². The second kappa shape index (κ2) is 6.18. The van der Waals surface area contributed by atoms with E-state index in [2.05, 4.69) is 20.3 Å². The van der Waals surface area contributed by atoms with Gasteiger partial charge in [0.15, 0.2) is 5.82 Å². The van der Waals surface area contributed by atoms with Crippen molar-refractivity contribution in [2.24, 2.45) is 16.8 Å². The van der Waals surface area contributed by atoms with Crippen LogP contribution in [0.2, 0.25) is 0 Å². The number of rotatable bonds is 5. The molecule has 0 aliphatic heterocycles. The standard InChI is InChI=1S/C14H19N5O/c1-3-19(9-10(2)13(15)18-20)14-12-7-5-4-6-11(12)8-16-17-14/h4-8,10,20H,3,9H2,1-2H3,(H2,15,18). The fourth-order valence-electron chi connectivity index (χ4n) is 2.13. The summed E-state index contributed by atoms with van der Waals surface area (Å²) in [6.45, 7) is 5.35. The van der Waals surface area contributed by atoms with Gasteiger partial charge in [-0.2, -0.15) is 5.10 Å². The van der Waals surface area contributed by atoms with E-state index in [1.807, 2.05) is 38.1 Å². The Labute approximate surface area is 117 Å². The third kappa shape index (κ3) is 2.79. The summed E-state index contributed by atoms with van der Waals surface area (Å²) in [4.78, 5) is 2.08. The number of oxime groups is 1. The predicted molar refractivity (Wildman–Crippen MR) is 80.0 cm³/mol. The Morgan fingerprint density at radius 2 is 2.20 bits per heavy atom. The molecule has 106 valence electrons. The molecular weight excluding hydrogens is 254 g/mol. The number of amidine groups is 1. The average molecular weight is 273 g/mol. The number of hydrogen-bond donors (Lipinski definition) is 2. The fourth-order valence-corrected chi connectivity index (χ4v) is 2.13. The first-order valence-corrected chi connectivity index (χ1v) is 6.60. The van der Waals surface area contributed by atoms with Crippen molar-refractivity contribution in [3.05, 3.63) is 30.5 Å². The molecule has 1 atom stereocenters. The quantitative estimate of drug-likeness (QED) is 0.375. The number of nitrogens with zero attached hydrogens (tertiary/aromatic N) is 4. The van der Waals surface area contributed by atoms with Crippen molar-refractivity contribution in [3.8, 4) is 0 Å². The van der Waals surface area contributed by atoms with Crippen LogP contribution >= 0.6 is 0 Å². The average Bonchev–Trinajstić information content (AvgIpc) is 2.51. The second-order valence-electron chi connectivity index (χ2n) is 4.72. The van der Waals surface area contributed by atoms with Gasteiger partial charge in [-0.25, -0.2) is 0 Å². The molecule has 6 nitrogen and oxygen atoms in total. The summed E-state index contributed by atoms with van der Waals surface area (Å²) in [5.74, 6) is 0.973. The van der Waals surface area contributed by atoms with Gasteiger partial charge in [-0.1, -0.05) is 36.3 Å². The van der Waals surface area contributed by atoms with Crippen LogP contribution in [-0.2, 0) is 0 Å². The summed E-state index contributed by atoms with van der Waals surface area (Å²) >= 11 is 0. The molecule has 0 amide bonds. The van der Waals surface area contributed by atoms with Crippen molar-refractivity contribution in [2.45, 2.75) is 13.8 Å². The Hall–Kier alpha value is -2.37.